The maximum Gasteiger partial charge on any atom is 0.265 e. The number of nitrogens with zero attached hydrogens (tertiary/aromatic N) is 3. The molecule has 1 amide bonds. The van der Waals surface area contributed by atoms with Crippen LogP contribution in [-0.2, 0) is 0 Å². The van der Waals surface area contributed by atoms with Crippen LogP contribution in [0.25, 0.3) is 11.1 Å². The van der Waals surface area contributed by atoms with E-state index in [4.69, 9.17) is 4.42 Å². The van der Waals surface area contributed by atoms with Gasteiger partial charge in [-0.25, -0.2) is 9.97 Å². The van der Waals surface area contributed by atoms with E-state index < -0.39 is 0 Å². The summed E-state index contributed by atoms with van der Waals surface area (Å²) in [4.78, 5) is 24.8. The summed E-state index contributed by atoms with van der Waals surface area (Å²) in [7, 11) is 0. The molecule has 136 valence electrons. The molecule has 26 heavy (non-hydrogen) atoms. The third-order valence-corrected chi connectivity index (χ3v) is 6.39. The van der Waals surface area contributed by atoms with Crippen molar-refractivity contribution in [2.45, 2.75) is 45.4 Å². The number of thiazole rings is 1. The van der Waals surface area contributed by atoms with Crippen LogP contribution in [-0.4, -0.2) is 33.9 Å². The highest BCUT2D eigenvalue weighted by Crippen LogP contribution is 2.32. The first-order valence-corrected chi connectivity index (χ1v) is 9.96. The summed E-state index contributed by atoms with van der Waals surface area (Å²) < 4.78 is 5.91. The molecule has 0 N–H and O–H groups in total. The first-order chi connectivity index (χ1) is 12.5. The van der Waals surface area contributed by atoms with E-state index in [1.54, 1.807) is 0 Å². The van der Waals surface area contributed by atoms with E-state index in [0.29, 0.717) is 5.92 Å². The Bertz CT molecular complexity index is 903. The number of carbonyl (C=O) groups is 1. The van der Waals surface area contributed by atoms with Crippen LogP contribution in [0, 0.1) is 6.92 Å². The van der Waals surface area contributed by atoms with Gasteiger partial charge in [0.05, 0.1) is 10.7 Å². The van der Waals surface area contributed by atoms with Crippen molar-refractivity contribution < 1.29 is 9.21 Å². The fourth-order valence-electron chi connectivity index (χ4n) is 3.40. The number of para-hydroxylation sites is 2. The Balaban J connectivity index is 1.45. The molecule has 2 aromatic heterocycles. The number of rotatable bonds is 3. The van der Waals surface area contributed by atoms with E-state index in [1.807, 2.05) is 36.1 Å². The molecule has 0 saturated carbocycles. The maximum atomic E-state index is 12.9. The Morgan fingerprint density at radius 2 is 1.96 bits per heavy atom. The highest BCUT2D eigenvalue weighted by atomic mass is 32.1. The molecule has 1 aliphatic heterocycles. The topological polar surface area (TPSA) is 59.2 Å². The average Bonchev–Trinajstić information content (AvgIpc) is 3.25. The van der Waals surface area contributed by atoms with Gasteiger partial charge in [-0.2, -0.15) is 0 Å². The molecule has 3 heterocycles. The van der Waals surface area contributed by atoms with Gasteiger partial charge in [0.25, 0.3) is 5.91 Å². The molecule has 1 aliphatic rings. The molecular formula is C20H23N3O2S. The highest BCUT2D eigenvalue weighted by Gasteiger charge is 2.29. The molecule has 0 atom stereocenters. The summed E-state index contributed by atoms with van der Waals surface area (Å²) >= 11 is 1.54. The number of likely N-dealkylation sites (tertiary alicyclic amines) is 1. The number of aryl methyl sites for hydroxylation is 1. The molecule has 5 nitrogen and oxygen atoms in total. The van der Waals surface area contributed by atoms with Gasteiger partial charge in [0.2, 0.25) is 0 Å². The SMILES string of the molecule is Cc1nc(C(C)C)sc1C(=O)N1CCC(c2nc3ccccc3o2)CC1. The summed E-state index contributed by atoms with van der Waals surface area (Å²) in [6.07, 6.45) is 1.76. The van der Waals surface area contributed by atoms with Gasteiger partial charge < -0.3 is 9.32 Å². The van der Waals surface area contributed by atoms with Crippen molar-refractivity contribution in [1.82, 2.24) is 14.9 Å². The van der Waals surface area contributed by atoms with E-state index in [1.165, 1.54) is 11.3 Å². The predicted molar refractivity (Wildman–Crippen MR) is 103 cm³/mol. The van der Waals surface area contributed by atoms with Crippen molar-refractivity contribution in [3.63, 3.8) is 0 Å². The second-order valence-electron chi connectivity index (χ2n) is 7.21. The number of hydrogen-bond acceptors (Lipinski definition) is 5. The monoisotopic (exact) mass is 369 g/mol. The number of benzene rings is 1. The summed E-state index contributed by atoms with van der Waals surface area (Å²) in [5.41, 5.74) is 2.59. The van der Waals surface area contributed by atoms with E-state index in [2.05, 4.69) is 23.8 Å². The van der Waals surface area contributed by atoms with Gasteiger partial charge in [0.15, 0.2) is 11.5 Å². The number of aromatic nitrogens is 2. The predicted octanol–water partition coefficient (Wildman–Crippen LogP) is 4.74. The zero-order valence-electron chi connectivity index (χ0n) is 15.4. The van der Waals surface area contributed by atoms with E-state index in [-0.39, 0.29) is 11.8 Å². The van der Waals surface area contributed by atoms with Crippen LogP contribution in [0.4, 0.5) is 0 Å². The van der Waals surface area contributed by atoms with E-state index >= 15 is 0 Å². The lowest BCUT2D eigenvalue weighted by Gasteiger charge is -2.30. The van der Waals surface area contributed by atoms with Crippen molar-refractivity contribution >= 4 is 28.3 Å². The van der Waals surface area contributed by atoms with Crippen molar-refractivity contribution in [2.75, 3.05) is 13.1 Å². The van der Waals surface area contributed by atoms with E-state index in [0.717, 1.165) is 58.5 Å². The Morgan fingerprint density at radius 3 is 2.62 bits per heavy atom. The van der Waals surface area contributed by atoms with Crippen molar-refractivity contribution in [3.05, 3.63) is 45.7 Å². The van der Waals surface area contributed by atoms with Crippen LogP contribution in [0.15, 0.2) is 28.7 Å². The minimum absolute atomic E-state index is 0.114. The molecule has 0 spiro atoms. The van der Waals surface area contributed by atoms with Gasteiger partial charge in [-0.1, -0.05) is 26.0 Å². The number of piperidine rings is 1. The quantitative estimate of drug-likeness (QED) is 0.669. The second-order valence-corrected chi connectivity index (χ2v) is 8.24. The second kappa shape index (κ2) is 6.83. The number of hydrogen-bond donors (Lipinski definition) is 0. The molecule has 1 fully saturated rings. The van der Waals surface area contributed by atoms with Gasteiger partial charge in [0, 0.05) is 24.9 Å². The summed E-state index contributed by atoms with van der Waals surface area (Å²) in [5.74, 6) is 1.54. The smallest absolute Gasteiger partial charge is 0.265 e. The number of amides is 1. The summed E-state index contributed by atoms with van der Waals surface area (Å²) in [6.45, 7) is 7.62. The minimum atomic E-state index is 0.114. The number of fused-ring (bicyclic) bond motifs is 1. The van der Waals surface area contributed by atoms with Gasteiger partial charge in [-0.15, -0.1) is 11.3 Å². The Hall–Kier alpha value is -2.21. The van der Waals surface area contributed by atoms with Crippen LogP contribution in [0.5, 0.6) is 0 Å². The summed E-state index contributed by atoms with van der Waals surface area (Å²) in [5, 5.41) is 1.03. The Morgan fingerprint density at radius 1 is 1.23 bits per heavy atom. The Labute approximate surface area is 157 Å². The normalized spacial score (nSPS) is 15.9. The minimum Gasteiger partial charge on any atom is -0.440 e. The standard InChI is InChI=1S/C20H23N3O2S/c1-12(2)19-21-13(3)17(26-19)20(24)23-10-8-14(9-11-23)18-22-15-6-4-5-7-16(15)25-18/h4-7,12,14H,8-11H2,1-3H3. The van der Waals surface area contributed by atoms with Gasteiger partial charge in [-0.3, -0.25) is 4.79 Å². The van der Waals surface area contributed by atoms with Crippen LogP contribution in [0.1, 0.15) is 64.8 Å². The largest absolute Gasteiger partial charge is 0.440 e. The Kier molecular flexibility index (Phi) is 4.53. The lowest BCUT2D eigenvalue weighted by atomic mass is 9.96. The molecular weight excluding hydrogens is 346 g/mol. The lowest BCUT2D eigenvalue weighted by molar-refractivity contribution is 0.0710. The van der Waals surface area contributed by atoms with Crippen molar-refractivity contribution in [3.8, 4) is 0 Å². The molecule has 6 heteroatoms. The third kappa shape index (κ3) is 3.14. The highest BCUT2D eigenvalue weighted by molar-refractivity contribution is 7.13. The average molecular weight is 369 g/mol. The van der Waals surface area contributed by atoms with Crippen molar-refractivity contribution in [1.29, 1.82) is 0 Å². The first kappa shape index (κ1) is 17.2. The van der Waals surface area contributed by atoms with Crippen LogP contribution >= 0.6 is 11.3 Å². The molecule has 0 aliphatic carbocycles. The third-order valence-electron chi connectivity index (χ3n) is 4.94. The molecule has 0 radical (unpaired) electrons. The van der Waals surface area contributed by atoms with Crippen molar-refractivity contribution in [2.24, 2.45) is 0 Å². The fourth-order valence-corrected chi connectivity index (χ4v) is 4.44. The molecule has 1 aromatic carbocycles. The zero-order chi connectivity index (χ0) is 18.3. The molecule has 3 aromatic rings. The zero-order valence-corrected chi connectivity index (χ0v) is 16.2. The molecule has 4 rings (SSSR count). The fraction of sp³-hybridized carbons (Fsp3) is 0.450. The number of carbonyl (C=O) groups excluding carboxylic acids is 1. The van der Waals surface area contributed by atoms with Gasteiger partial charge >= 0.3 is 0 Å². The first-order valence-electron chi connectivity index (χ1n) is 9.15. The van der Waals surface area contributed by atoms with E-state index in [9.17, 15) is 4.79 Å². The summed E-state index contributed by atoms with van der Waals surface area (Å²) in [6, 6.07) is 7.85. The molecule has 0 unspecified atom stereocenters. The maximum absolute atomic E-state index is 12.9. The molecule has 1 saturated heterocycles. The number of oxazole rings is 1. The van der Waals surface area contributed by atoms with Crippen LogP contribution in [0.2, 0.25) is 0 Å². The molecule has 0 bridgehead atoms. The van der Waals surface area contributed by atoms with Crippen LogP contribution in [0.3, 0.4) is 0 Å². The van der Waals surface area contributed by atoms with Crippen LogP contribution < -0.4 is 0 Å². The van der Waals surface area contributed by atoms with Gasteiger partial charge in [0.1, 0.15) is 10.4 Å². The van der Waals surface area contributed by atoms with Gasteiger partial charge in [-0.05, 0) is 31.9 Å². The lowest BCUT2D eigenvalue weighted by Crippen LogP contribution is -2.37.